The van der Waals surface area contributed by atoms with Crippen molar-refractivity contribution >= 4 is 11.7 Å². The van der Waals surface area contributed by atoms with Crippen molar-refractivity contribution in [3.63, 3.8) is 0 Å². The highest BCUT2D eigenvalue weighted by atomic mass is 16.2. The van der Waals surface area contributed by atoms with E-state index in [1.807, 2.05) is 16.5 Å². The predicted molar refractivity (Wildman–Crippen MR) is 101 cm³/mol. The highest BCUT2D eigenvalue weighted by molar-refractivity contribution is 5.89. The first-order valence-corrected chi connectivity index (χ1v) is 9.98. The third-order valence-electron chi connectivity index (χ3n) is 5.61. The van der Waals surface area contributed by atoms with Crippen LogP contribution in [-0.2, 0) is 6.54 Å². The molecule has 0 aliphatic carbocycles. The number of urea groups is 1. The number of anilines is 1. The lowest BCUT2D eigenvalue weighted by Gasteiger charge is -2.29. The molecule has 1 N–H and O–H groups in total. The van der Waals surface area contributed by atoms with E-state index in [1.165, 1.54) is 32.4 Å². The van der Waals surface area contributed by atoms with Gasteiger partial charge in [-0.05, 0) is 51.6 Å². The smallest absolute Gasteiger partial charge is 0.321 e. The summed E-state index contributed by atoms with van der Waals surface area (Å²) < 4.78 is 1.99. The van der Waals surface area contributed by atoms with Gasteiger partial charge in [0.25, 0.3) is 0 Å². The SMILES string of the molecule is CCCCn1ncc(NC(=O)N2CC[C@@H](CN3CCCCC3)C2)c1C. The standard InChI is InChI=1S/C19H33N5O/c1-3-4-11-24-16(2)18(13-20-24)21-19(25)23-12-8-17(15-23)14-22-9-6-5-7-10-22/h13,17H,3-12,14-15H2,1-2H3,(H,21,25)/t17-/m0/s1. The number of aromatic nitrogens is 2. The van der Waals surface area contributed by atoms with Crippen molar-refractivity contribution in [2.45, 2.75) is 58.9 Å². The first-order chi connectivity index (χ1) is 12.2. The third-order valence-corrected chi connectivity index (χ3v) is 5.61. The van der Waals surface area contributed by atoms with E-state index in [0.29, 0.717) is 5.92 Å². The molecule has 1 aromatic heterocycles. The molecule has 2 aliphatic rings. The van der Waals surface area contributed by atoms with Gasteiger partial charge in [0.15, 0.2) is 0 Å². The van der Waals surface area contributed by atoms with Crippen molar-refractivity contribution in [2.24, 2.45) is 5.92 Å². The van der Waals surface area contributed by atoms with Gasteiger partial charge in [-0.25, -0.2) is 4.79 Å². The number of nitrogens with one attached hydrogen (secondary N) is 1. The fourth-order valence-corrected chi connectivity index (χ4v) is 3.97. The Bertz CT molecular complexity index is 564. The second kappa shape index (κ2) is 8.70. The highest BCUT2D eigenvalue weighted by Gasteiger charge is 2.28. The first kappa shape index (κ1) is 18.2. The van der Waals surface area contributed by atoms with Crippen LogP contribution in [0.2, 0.25) is 0 Å². The second-order valence-corrected chi connectivity index (χ2v) is 7.61. The highest BCUT2D eigenvalue weighted by Crippen LogP contribution is 2.21. The van der Waals surface area contributed by atoms with Crippen LogP contribution in [0.15, 0.2) is 6.20 Å². The van der Waals surface area contributed by atoms with Gasteiger partial charge >= 0.3 is 6.03 Å². The van der Waals surface area contributed by atoms with Crippen LogP contribution in [0, 0.1) is 12.8 Å². The monoisotopic (exact) mass is 347 g/mol. The quantitative estimate of drug-likeness (QED) is 0.859. The molecule has 0 spiro atoms. The molecule has 0 aromatic carbocycles. The van der Waals surface area contributed by atoms with Gasteiger partial charge in [0.2, 0.25) is 0 Å². The van der Waals surface area contributed by atoms with Crippen LogP contribution in [0.1, 0.15) is 51.1 Å². The average Bonchev–Trinajstić information content (AvgIpc) is 3.22. The van der Waals surface area contributed by atoms with E-state index in [-0.39, 0.29) is 6.03 Å². The summed E-state index contributed by atoms with van der Waals surface area (Å²) in [7, 11) is 0. The Hall–Kier alpha value is -1.56. The number of aryl methyl sites for hydroxylation is 1. The van der Waals surface area contributed by atoms with Crippen LogP contribution in [0.3, 0.4) is 0 Å². The molecule has 0 radical (unpaired) electrons. The number of carbonyl (C=O) groups is 1. The Labute approximate surface area is 151 Å². The summed E-state index contributed by atoms with van der Waals surface area (Å²) in [6, 6.07) is 0.0271. The molecule has 0 saturated carbocycles. The maximum atomic E-state index is 12.6. The van der Waals surface area contributed by atoms with Gasteiger partial charge in [-0.15, -0.1) is 0 Å². The number of hydrogen-bond donors (Lipinski definition) is 1. The van der Waals surface area contributed by atoms with Crippen molar-refractivity contribution in [3.8, 4) is 0 Å². The molecule has 2 saturated heterocycles. The minimum atomic E-state index is 0.0271. The van der Waals surface area contributed by atoms with E-state index in [0.717, 1.165) is 56.8 Å². The molecule has 3 rings (SSSR count). The molecule has 0 unspecified atom stereocenters. The summed E-state index contributed by atoms with van der Waals surface area (Å²) in [5.41, 5.74) is 1.89. The number of carbonyl (C=O) groups excluding carboxylic acids is 1. The van der Waals surface area contributed by atoms with Gasteiger partial charge in [0.1, 0.15) is 0 Å². The number of nitrogens with zero attached hydrogens (tertiary/aromatic N) is 4. The molecule has 2 amide bonds. The summed E-state index contributed by atoms with van der Waals surface area (Å²) in [6.07, 6.45) is 9.20. The molecule has 6 nitrogen and oxygen atoms in total. The van der Waals surface area contributed by atoms with Crippen molar-refractivity contribution in [1.82, 2.24) is 19.6 Å². The van der Waals surface area contributed by atoms with E-state index in [9.17, 15) is 4.79 Å². The molecule has 140 valence electrons. The number of hydrogen-bond acceptors (Lipinski definition) is 3. The fourth-order valence-electron chi connectivity index (χ4n) is 3.97. The Kier molecular flexibility index (Phi) is 6.34. The van der Waals surface area contributed by atoms with Crippen LogP contribution in [-0.4, -0.2) is 58.3 Å². The Morgan fingerprint density at radius 3 is 2.84 bits per heavy atom. The Morgan fingerprint density at radius 2 is 2.08 bits per heavy atom. The first-order valence-electron chi connectivity index (χ1n) is 9.98. The van der Waals surface area contributed by atoms with E-state index in [2.05, 4.69) is 22.2 Å². The number of unbranched alkanes of at least 4 members (excludes halogenated alkanes) is 1. The number of piperidine rings is 1. The molecule has 6 heteroatoms. The van der Waals surface area contributed by atoms with Gasteiger partial charge in [-0.3, -0.25) is 4.68 Å². The fraction of sp³-hybridized carbons (Fsp3) is 0.789. The van der Waals surface area contributed by atoms with Gasteiger partial charge in [0.05, 0.1) is 17.6 Å². The zero-order valence-electron chi connectivity index (χ0n) is 15.8. The molecule has 3 heterocycles. The normalized spacial score (nSPS) is 21.7. The van der Waals surface area contributed by atoms with Crippen molar-refractivity contribution < 1.29 is 4.79 Å². The molecule has 25 heavy (non-hydrogen) atoms. The van der Waals surface area contributed by atoms with Gasteiger partial charge in [-0.1, -0.05) is 19.8 Å². The lowest BCUT2D eigenvalue weighted by molar-refractivity contribution is 0.192. The lowest BCUT2D eigenvalue weighted by Crippen LogP contribution is -2.37. The summed E-state index contributed by atoms with van der Waals surface area (Å²) in [5, 5.41) is 7.47. The predicted octanol–water partition coefficient (Wildman–Crippen LogP) is 3.33. The van der Waals surface area contributed by atoms with Crippen LogP contribution < -0.4 is 5.32 Å². The van der Waals surface area contributed by atoms with E-state index < -0.39 is 0 Å². The topological polar surface area (TPSA) is 53.4 Å². The molecule has 1 aromatic rings. The minimum Gasteiger partial charge on any atom is -0.324 e. The summed E-state index contributed by atoms with van der Waals surface area (Å²) in [5.74, 6) is 0.622. The van der Waals surface area contributed by atoms with Crippen LogP contribution >= 0.6 is 0 Å². The van der Waals surface area contributed by atoms with Crippen molar-refractivity contribution in [1.29, 1.82) is 0 Å². The third kappa shape index (κ3) is 4.75. The maximum Gasteiger partial charge on any atom is 0.321 e. The summed E-state index contributed by atoms with van der Waals surface area (Å²) in [6.45, 7) is 10.5. The molecule has 2 fully saturated rings. The van der Waals surface area contributed by atoms with Crippen molar-refractivity contribution in [2.75, 3.05) is 38.0 Å². The van der Waals surface area contributed by atoms with Crippen LogP contribution in [0.5, 0.6) is 0 Å². The van der Waals surface area contributed by atoms with E-state index in [4.69, 9.17) is 0 Å². The summed E-state index contributed by atoms with van der Waals surface area (Å²) in [4.78, 5) is 17.1. The van der Waals surface area contributed by atoms with Gasteiger partial charge in [-0.2, -0.15) is 5.10 Å². The van der Waals surface area contributed by atoms with Crippen LogP contribution in [0.4, 0.5) is 10.5 Å². The maximum absolute atomic E-state index is 12.6. The number of amides is 2. The minimum absolute atomic E-state index is 0.0271. The van der Waals surface area contributed by atoms with Gasteiger partial charge < -0.3 is 15.1 Å². The Morgan fingerprint density at radius 1 is 1.28 bits per heavy atom. The molecule has 1 atom stereocenters. The number of likely N-dealkylation sites (tertiary alicyclic amines) is 2. The molecular formula is C19H33N5O. The second-order valence-electron chi connectivity index (χ2n) is 7.61. The van der Waals surface area contributed by atoms with Gasteiger partial charge in [0, 0.05) is 26.2 Å². The van der Waals surface area contributed by atoms with E-state index >= 15 is 0 Å². The zero-order chi connectivity index (χ0) is 17.6. The van der Waals surface area contributed by atoms with Crippen molar-refractivity contribution in [3.05, 3.63) is 11.9 Å². The molecule has 2 aliphatic heterocycles. The number of rotatable bonds is 6. The zero-order valence-corrected chi connectivity index (χ0v) is 15.8. The van der Waals surface area contributed by atoms with Crippen LogP contribution in [0.25, 0.3) is 0 Å². The molecular weight excluding hydrogens is 314 g/mol. The largest absolute Gasteiger partial charge is 0.324 e. The summed E-state index contributed by atoms with van der Waals surface area (Å²) >= 11 is 0. The molecule has 0 bridgehead atoms. The Balaban J connectivity index is 1.48. The van der Waals surface area contributed by atoms with E-state index in [1.54, 1.807) is 6.20 Å². The lowest BCUT2D eigenvalue weighted by atomic mass is 10.1. The average molecular weight is 348 g/mol.